The zero-order chi connectivity index (χ0) is 14.9. The third kappa shape index (κ3) is 1.67. The Balaban J connectivity index is 1.95. The molecule has 1 heterocycles. The highest BCUT2D eigenvalue weighted by atomic mass is 35.5. The summed E-state index contributed by atoms with van der Waals surface area (Å²) in [5.41, 5.74) is 1.87. The lowest BCUT2D eigenvalue weighted by molar-refractivity contribution is 0.157. The summed E-state index contributed by atoms with van der Waals surface area (Å²) in [5.74, 6) is -0.0504. The molecule has 2 bridgehead atoms. The van der Waals surface area contributed by atoms with Gasteiger partial charge < -0.3 is 15.3 Å². The first-order valence-electron chi connectivity index (χ1n) is 6.79. The van der Waals surface area contributed by atoms with Gasteiger partial charge in [-0.1, -0.05) is 23.2 Å². The molecule has 1 aromatic heterocycles. The van der Waals surface area contributed by atoms with Crippen molar-refractivity contribution in [3.05, 3.63) is 39.4 Å². The lowest BCUT2D eigenvalue weighted by Gasteiger charge is -2.16. The molecule has 0 amide bonds. The van der Waals surface area contributed by atoms with E-state index in [9.17, 15) is 15.3 Å². The van der Waals surface area contributed by atoms with Crippen molar-refractivity contribution in [1.29, 1.82) is 0 Å². The van der Waals surface area contributed by atoms with Crippen LogP contribution in [0.25, 0.3) is 5.69 Å². The molecule has 3 atom stereocenters. The average Bonchev–Trinajstić information content (AvgIpc) is 3.03. The molecule has 110 valence electrons. The molecule has 2 aliphatic rings. The van der Waals surface area contributed by atoms with E-state index < -0.39 is 6.10 Å². The first kappa shape index (κ1) is 13.3. The Morgan fingerprint density at radius 1 is 1.05 bits per heavy atom. The molecule has 2 aliphatic carbocycles. The van der Waals surface area contributed by atoms with E-state index in [1.165, 1.54) is 4.57 Å². The summed E-state index contributed by atoms with van der Waals surface area (Å²) >= 11 is 12.1. The molecule has 6 heteroatoms. The number of aliphatic hydroxyl groups is 1. The first-order chi connectivity index (χ1) is 9.99. The highest BCUT2D eigenvalue weighted by Gasteiger charge is 2.49. The maximum absolute atomic E-state index is 10.5. The summed E-state index contributed by atoms with van der Waals surface area (Å²) < 4.78 is 1.33. The number of aliphatic hydroxyl groups excluding tert-OH is 1. The predicted molar refractivity (Wildman–Crippen MR) is 79.8 cm³/mol. The van der Waals surface area contributed by atoms with Gasteiger partial charge in [-0.05, 0) is 37.0 Å². The van der Waals surface area contributed by atoms with Gasteiger partial charge in [0.15, 0.2) is 0 Å². The van der Waals surface area contributed by atoms with E-state index in [0.29, 0.717) is 27.7 Å². The minimum Gasteiger partial charge on any atom is -0.494 e. The molecule has 1 fully saturated rings. The lowest BCUT2D eigenvalue weighted by atomic mass is 9.93. The van der Waals surface area contributed by atoms with Crippen molar-refractivity contribution >= 4 is 23.2 Å². The van der Waals surface area contributed by atoms with Crippen molar-refractivity contribution in [3.8, 4) is 17.4 Å². The molecule has 3 unspecified atom stereocenters. The third-order valence-electron chi connectivity index (χ3n) is 4.65. The zero-order valence-corrected chi connectivity index (χ0v) is 12.4. The van der Waals surface area contributed by atoms with Crippen molar-refractivity contribution in [2.45, 2.75) is 30.8 Å². The standard InChI is InChI=1S/C15H13Cl2NO3/c16-7-1-2-10(9(17)5-7)18-14(20)12-6-3-8(11(19)4-6)13(12)15(18)21/h1-2,5-6,8,11,19-21H,3-4H2. The number of hydrogen-bond donors (Lipinski definition) is 3. The molecule has 0 aliphatic heterocycles. The maximum Gasteiger partial charge on any atom is 0.202 e. The van der Waals surface area contributed by atoms with Crippen LogP contribution in [0.2, 0.25) is 10.0 Å². The van der Waals surface area contributed by atoms with E-state index in [4.69, 9.17) is 23.2 Å². The minimum absolute atomic E-state index is 0.00567. The van der Waals surface area contributed by atoms with E-state index in [-0.39, 0.29) is 23.6 Å². The molecule has 4 rings (SSSR count). The number of aromatic hydroxyl groups is 2. The van der Waals surface area contributed by atoms with Crippen LogP contribution in [-0.4, -0.2) is 26.0 Å². The number of hydrogen-bond acceptors (Lipinski definition) is 3. The molecule has 1 aromatic carbocycles. The second-order valence-electron chi connectivity index (χ2n) is 5.75. The summed E-state index contributed by atoms with van der Waals surface area (Å²) in [6.07, 6.45) is 0.954. The van der Waals surface area contributed by atoms with Crippen LogP contribution < -0.4 is 0 Å². The average molecular weight is 326 g/mol. The number of halogens is 2. The molecular weight excluding hydrogens is 313 g/mol. The highest BCUT2D eigenvalue weighted by Crippen LogP contribution is 2.60. The van der Waals surface area contributed by atoms with Crippen LogP contribution in [-0.2, 0) is 0 Å². The normalized spacial score (nSPS) is 26.3. The van der Waals surface area contributed by atoms with Crippen molar-refractivity contribution < 1.29 is 15.3 Å². The topological polar surface area (TPSA) is 65.6 Å². The Kier molecular flexibility index (Phi) is 2.74. The van der Waals surface area contributed by atoms with E-state index in [0.717, 1.165) is 12.0 Å². The van der Waals surface area contributed by atoms with Gasteiger partial charge in [0.1, 0.15) is 0 Å². The second kappa shape index (κ2) is 4.32. The molecule has 3 N–H and O–H groups in total. The Hall–Kier alpha value is -1.36. The summed E-state index contributed by atoms with van der Waals surface area (Å²) in [7, 11) is 0. The largest absolute Gasteiger partial charge is 0.494 e. The number of rotatable bonds is 1. The Morgan fingerprint density at radius 2 is 1.76 bits per heavy atom. The van der Waals surface area contributed by atoms with Crippen molar-refractivity contribution in [2.75, 3.05) is 0 Å². The van der Waals surface area contributed by atoms with Crippen LogP contribution in [0.3, 0.4) is 0 Å². The number of aromatic nitrogens is 1. The van der Waals surface area contributed by atoms with Crippen molar-refractivity contribution in [1.82, 2.24) is 4.57 Å². The number of fused-ring (bicyclic) bond motifs is 5. The monoisotopic (exact) mass is 325 g/mol. The predicted octanol–water partition coefficient (Wildman–Crippen LogP) is 3.53. The van der Waals surface area contributed by atoms with Gasteiger partial charge in [0.05, 0.1) is 16.8 Å². The van der Waals surface area contributed by atoms with Gasteiger partial charge in [0, 0.05) is 22.1 Å². The fourth-order valence-corrected chi connectivity index (χ4v) is 4.30. The second-order valence-corrected chi connectivity index (χ2v) is 6.59. The summed E-state index contributed by atoms with van der Waals surface area (Å²) in [4.78, 5) is 0. The van der Waals surface area contributed by atoms with Crippen LogP contribution >= 0.6 is 23.2 Å². The first-order valence-corrected chi connectivity index (χ1v) is 7.54. The molecule has 21 heavy (non-hydrogen) atoms. The molecule has 0 spiro atoms. The molecule has 1 saturated carbocycles. The number of nitrogens with zero attached hydrogens (tertiary/aromatic N) is 1. The van der Waals surface area contributed by atoms with Crippen LogP contribution in [0.1, 0.15) is 35.8 Å². The molecule has 4 nitrogen and oxygen atoms in total. The van der Waals surface area contributed by atoms with Gasteiger partial charge in [-0.3, -0.25) is 0 Å². The van der Waals surface area contributed by atoms with Crippen molar-refractivity contribution in [2.24, 2.45) is 0 Å². The molecule has 0 radical (unpaired) electrons. The smallest absolute Gasteiger partial charge is 0.202 e. The quantitative estimate of drug-likeness (QED) is 0.751. The maximum atomic E-state index is 10.5. The van der Waals surface area contributed by atoms with Crippen LogP contribution in [0.5, 0.6) is 11.8 Å². The third-order valence-corrected chi connectivity index (χ3v) is 5.19. The Morgan fingerprint density at radius 3 is 2.48 bits per heavy atom. The highest BCUT2D eigenvalue weighted by molar-refractivity contribution is 6.35. The van der Waals surface area contributed by atoms with Gasteiger partial charge in [-0.2, -0.15) is 0 Å². The fourth-order valence-electron chi connectivity index (χ4n) is 3.80. The summed E-state index contributed by atoms with van der Waals surface area (Å²) in [6, 6.07) is 4.86. The van der Waals surface area contributed by atoms with Crippen LogP contribution in [0, 0.1) is 0 Å². The van der Waals surface area contributed by atoms with Crippen LogP contribution in [0.15, 0.2) is 18.2 Å². The van der Waals surface area contributed by atoms with Gasteiger partial charge in [0.25, 0.3) is 0 Å². The fraction of sp³-hybridized carbons (Fsp3) is 0.333. The van der Waals surface area contributed by atoms with E-state index in [1.807, 2.05) is 0 Å². The molecular formula is C15H13Cl2NO3. The summed E-state index contributed by atoms with van der Waals surface area (Å²) in [6.45, 7) is 0. The SMILES string of the molecule is Oc1c2c(c(O)n1-c1ccc(Cl)cc1Cl)C1CC2CC1O. The van der Waals surface area contributed by atoms with Crippen LogP contribution in [0.4, 0.5) is 0 Å². The van der Waals surface area contributed by atoms with Crippen molar-refractivity contribution in [3.63, 3.8) is 0 Å². The van der Waals surface area contributed by atoms with E-state index in [2.05, 4.69) is 0 Å². The Bertz CT molecular complexity index is 756. The van der Waals surface area contributed by atoms with Gasteiger partial charge in [-0.15, -0.1) is 0 Å². The number of benzene rings is 1. The zero-order valence-electron chi connectivity index (χ0n) is 10.9. The lowest BCUT2D eigenvalue weighted by Crippen LogP contribution is -2.13. The van der Waals surface area contributed by atoms with E-state index >= 15 is 0 Å². The van der Waals surface area contributed by atoms with Gasteiger partial charge >= 0.3 is 0 Å². The Labute approximate surface area is 131 Å². The minimum atomic E-state index is -0.454. The van der Waals surface area contributed by atoms with E-state index in [1.54, 1.807) is 18.2 Å². The van der Waals surface area contributed by atoms with Gasteiger partial charge in [-0.25, -0.2) is 4.57 Å². The van der Waals surface area contributed by atoms with Gasteiger partial charge in [0.2, 0.25) is 11.8 Å². The summed E-state index contributed by atoms with van der Waals surface area (Å²) in [5, 5.41) is 31.9. The molecule has 2 aromatic rings. The molecule has 0 saturated heterocycles.